The summed E-state index contributed by atoms with van der Waals surface area (Å²) >= 11 is 5.92. The fourth-order valence-electron chi connectivity index (χ4n) is 3.57. The predicted molar refractivity (Wildman–Crippen MR) is 111 cm³/mol. The monoisotopic (exact) mass is 494 g/mol. The molecule has 0 spiro atoms. The van der Waals surface area contributed by atoms with Gasteiger partial charge in [-0.25, -0.2) is 0 Å². The Kier molecular flexibility index (Phi) is 8.80. The van der Waals surface area contributed by atoms with Crippen molar-refractivity contribution in [3.63, 3.8) is 0 Å². The maximum atomic E-state index is 12.3. The van der Waals surface area contributed by atoms with Crippen molar-refractivity contribution in [3.8, 4) is 5.75 Å². The van der Waals surface area contributed by atoms with E-state index in [-0.39, 0.29) is 37.7 Å². The number of benzene rings is 1. The van der Waals surface area contributed by atoms with Crippen LogP contribution < -0.4 is 15.4 Å². The van der Waals surface area contributed by atoms with Crippen LogP contribution in [0.2, 0.25) is 5.02 Å². The number of aliphatic hydroxyl groups excluding tert-OH is 1. The molecule has 2 atom stereocenters. The minimum Gasteiger partial charge on any atom is -0.480 e. The second-order valence-corrected chi connectivity index (χ2v) is 8.41. The number of fused-ring (bicyclic) bond motifs is 1. The Hall–Kier alpha value is -2.08. The Morgan fingerprint density at radius 3 is 2.52 bits per heavy atom. The van der Waals surface area contributed by atoms with Crippen LogP contribution >= 0.6 is 11.6 Å². The molecule has 3 N–H and O–H groups in total. The molecular formula is C21H26ClF3N2O6. The molecule has 184 valence electrons. The van der Waals surface area contributed by atoms with Gasteiger partial charge in [0.05, 0.1) is 18.3 Å². The maximum absolute atomic E-state index is 12.3. The number of hydrogen-bond acceptors (Lipinski definition) is 6. The molecule has 33 heavy (non-hydrogen) atoms. The van der Waals surface area contributed by atoms with Gasteiger partial charge in [-0.2, -0.15) is 0 Å². The van der Waals surface area contributed by atoms with E-state index in [2.05, 4.69) is 15.4 Å². The van der Waals surface area contributed by atoms with Crippen LogP contribution in [0.1, 0.15) is 43.8 Å². The standard InChI is InChI=1S/C21H26ClF3N2O6/c22-12-3-4-17-15(7-12)16(28)10-18(32-17)20(30)27-6-2-1-5-26-19(29)11-31-13-8-14(9-13)33-21(23,24)25/h3-4,7,13-14,16,18,28H,1-2,5-6,8-11H2,(H,26,29)(H,27,30)/t13?,14?,16-,18-/m1/s1. The van der Waals surface area contributed by atoms with Gasteiger partial charge in [0.15, 0.2) is 6.10 Å². The van der Waals surface area contributed by atoms with Gasteiger partial charge in [0.2, 0.25) is 5.91 Å². The van der Waals surface area contributed by atoms with Crippen LogP contribution in [0.25, 0.3) is 0 Å². The van der Waals surface area contributed by atoms with Gasteiger partial charge in [0.1, 0.15) is 12.4 Å². The van der Waals surface area contributed by atoms with Crippen LogP contribution in [0.15, 0.2) is 18.2 Å². The zero-order chi connectivity index (χ0) is 24.0. The first kappa shape index (κ1) is 25.5. The van der Waals surface area contributed by atoms with Crippen molar-refractivity contribution in [1.82, 2.24) is 10.6 Å². The second-order valence-electron chi connectivity index (χ2n) is 7.98. The van der Waals surface area contributed by atoms with Crippen molar-refractivity contribution >= 4 is 23.4 Å². The van der Waals surface area contributed by atoms with Crippen molar-refractivity contribution < 1.29 is 42.1 Å². The van der Waals surface area contributed by atoms with Crippen LogP contribution in [-0.4, -0.2) is 61.3 Å². The Bertz CT molecular complexity index is 835. The number of nitrogens with one attached hydrogen (secondary N) is 2. The molecule has 1 saturated carbocycles. The Labute approximate surface area is 193 Å². The molecular weight excluding hydrogens is 469 g/mol. The average Bonchev–Trinajstić information content (AvgIpc) is 2.71. The Balaban J connectivity index is 1.22. The Morgan fingerprint density at radius 2 is 1.82 bits per heavy atom. The summed E-state index contributed by atoms with van der Waals surface area (Å²) < 4.78 is 50.9. The summed E-state index contributed by atoms with van der Waals surface area (Å²) in [5.74, 6) is -0.267. The van der Waals surface area contributed by atoms with Crippen molar-refractivity contribution in [2.75, 3.05) is 19.7 Å². The smallest absolute Gasteiger partial charge is 0.480 e. The average molecular weight is 495 g/mol. The molecule has 0 saturated heterocycles. The molecule has 0 radical (unpaired) electrons. The third-order valence-corrected chi connectivity index (χ3v) is 5.59. The van der Waals surface area contributed by atoms with Crippen LogP contribution in [0.3, 0.4) is 0 Å². The molecule has 2 aliphatic rings. The van der Waals surface area contributed by atoms with E-state index in [1.54, 1.807) is 18.2 Å². The van der Waals surface area contributed by atoms with E-state index in [0.717, 1.165) is 0 Å². The fourth-order valence-corrected chi connectivity index (χ4v) is 3.75. The van der Waals surface area contributed by atoms with Crippen molar-refractivity contribution in [2.45, 2.75) is 62.9 Å². The lowest BCUT2D eigenvalue weighted by Gasteiger charge is -2.34. The zero-order valence-electron chi connectivity index (χ0n) is 17.7. The second kappa shape index (κ2) is 11.4. The van der Waals surface area contributed by atoms with Gasteiger partial charge in [-0.05, 0) is 31.0 Å². The maximum Gasteiger partial charge on any atom is 0.522 e. The van der Waals surface area contributed by atoms with Crippen molar-refractivity contribution in [1.29, 1.82) is 0 Å². The van der Waals surface area contributed by atoms with Gasteiger partial charge in [0.25, 0.3) is 5.91 Å². The van der Waals surface area contributed by atoms with Crippen LogP contribution in [0.4, 0.5) is 13.2 Å². The van der Waals surface area contributed by atoms with Crippen LogP contribution in [0.5, 0.6) is 5.75 Å². The van der Waals surface area contributed by atoms with Gasteiger partial charge < -0.3 is 25.2 Å². The minimum atomic E-state index is -4.66. The number of carbonyl (C=O) groups is 2. The topological polar surface area (TPSA) is 106 Å². The normalized spacial score (nSPS) is 24.3. The molecule has 2 amide bonds. The molecule has 0 bridgehead atoms. The highest BCUT2D eigenvalue weighted by molar-refractivity contribution is 6.30. The third-order valence-electron chi connectivity index (χ3n) is 5.36. The first-order chi connectivity index (χ1) is 15.6. The molecule has 1 fully saturated rings. The SMILES string of the molecule is O=C(COC1CC(OC(F)(F)F)C1)NCCCCNC(=O)[C@H]1C[C@@H](O)c2cc(Cl)ccc2O1. The number of unbranched alkanes of at least 4 members (excludes halogenated alkanes) is 1. The number of amides is 2. The molecule has 1 aliphatic carbocycles. The summed E-state index contributed by atoms with van der Waals surface area (Å²) in [4.78, 5) is 24.0. The lowest BCUT2D eigenvalue weighted by atomic mass is 9.92. The number of hydrogen-bond donors (Lipinski definition) is 3. The van der Waals surface area contributed by atoms with E-state index in [1.165, 1.54) is 0 Å². The molecule has 3 rings (SSSR count). The van der Waals surface area contributed by atoms with Gasteiger partial charge >= 0.3 is 6.36 Å². The van der Waals surface area contributed by atoms with Gasteiger partial charge in [0, 0.05) is 42.9 Å². The van der Waals surface area contributed by atoms with Gasteiger partial charge in [-0.15, -0.1) is 13.2 Å². The molecule has 1 aliphatic heterocycles. The fraction of sp³-hybridized carbons (Fsp3) is 0.619. The lowest BCUT2D eigenvalue weighted by molar-refractivity contribution is -0.357. The number of aliphatic hydroxyl groups is 1. The number of halogens is 4. The highest BCUT2D eigenvalue weighted by atomic mass is 35.5. The van der Waals surface area contributed by atoms with Gasteiger partial charge in [-0.1, -0.05) is 11.6 Å². The van der Waals surface area contributed by atoms with Crippen LogP contribution in [0, 0.1) is 0 Å². The van der Waals surface area contributed by atoms with Crippen molar-refractivity contribution in [2.24, 2.45) is 0 Å². The quantitative estimate of drug-likeness (QED) is 0.432. The summed E-state index contributed by atoms with van der Waals surface area (Å²) in [7, 11) is 0. The molecule has 8 nitrogen and oxygen atoms in total. The lowest BCUT2D eigenvalue weighted by Crippen LogP contribution is -2.42. The highest BCUT2D eigenvalue weighted by Crippen LogP contribution is 2.36. The first-order valence-corrected chi connectivity index (χ1v) is 11.0. The van der Waals surface area contributed by atoms with E-state index >= 15 is 0 Å². The molecule has 1 aromatic carbocycles. The molecule has 12 heteroatoms. The first-order valence-electron chi connectivity index (χ1n) is 10.7. The van der Waals surface area contributed by atoms with Crippen molar-refractivity contribution in [3.05, 3.63) is 28.8 Å². The van der Waals surface area contributed by atoms with Gasteiger partial charge in [-0.3, -0.25) is 14.3 Å². The number of alkyl halides is 3. The summed E-state index contributed by atoms with van der Waals surface area (Å²) in [6.45, 7) is 0.515. The van der Waals surface area contributed by atoms with E-state index < -0.39 is 30.8 Å². The third kappa shape index (κ3) is 8.02. The van der Waals surface area contributed by atoms with Crippen LogP contribution in [-0.2, 0) is 19.1 Å². The highest BCUT2D eigenvalue weighted by Gasteiger charge is 2.40. The van der Waals surface area contributed by atoms with E-state index in [1.807, 2.05) is 0 Å². The predicted octanol–water partition coefficient (Wildman–Crippen LogP) is 2.62. The zero-order valence-corrected chi connectivity index (χ0v) is 18.5. The number of ether oxygens (including phenoxy) is 3. The molecule has 1 heterocycles. The molecule has 0 unspecified atom stereocenters. The molecule has 0 aromatic heterocycles. The summed E-state index contributed by atoms with van der Waals surface area (Å²) in [6, 6.07) is 4.85. The minimum absolute atomic E-state index is 0.105. The summed E-state index contributed by atoms with van der Waals surface area (Å²) in [5.41, 5.74) is 0.554. The molecule has 1 aromatic rings. The van der Waals surface area contributed by atoms with E-state index in [4.69, 9.17) is 21.1 Å². The van der Waals surface area contributed by atoms with E-state index in [9.17, 15) is 27.9 Å². The largest absolute Gasteiger partial charge is 0.522 e. The summed E-state index contributed by atoms with van der Waals surface area (Å²) in [5, 5.41) is 16.1. The summed E-state index contributed by atoms with van der Waals surface area (Å²) in [6.07, 6.45) is -6.09. The van der Waals surface area contributed by atoms with E-state index in [0.29, 0.717) is 42.3 Å². The number of rotatable bonds is 10. The number of carbonyl (C=O) groups excluding carboxylic acids is 2. The Morgan fingerprint density at radius 1 is 1.12 bits per heavy atom.